The van der Waals surface area contributed by atoms with Gasteiger partial charge in [0.1, 0.15) is 5.82 Å². The van der Waals surface area contributed by atoms with Gasteiger partial charge in [0, 0.05) is 12.1 Å². The Kier molecular flexibility index (Phi) is 3.84. The highest BCUT2D eigenvalue weighted by molar-refractivity contribution is 5.60. The standard InChI is InChI=1S/C16H21N3/c1-5-18-15-11-17-10-14(19-15)12-6-8-13(9-7-12)16(2,3)4/h6-11H,5H2,1-4H3,(H,18,19). The second kappa shape index (κ2) is 5.39. The number of aromatic nitrogens is 2. The van der Waals surface area contributed by atoms with Crippen molar-refractivity contribution >= 4 is 5.82 Å². The van der Waals surface area contributed by atoms with E-state index < -0.39 is 0 Å². The van der Waals surface area contributed by atoms with Crippen molar-refractivity contribution in [1.82, 2.24) is 9.97 Å². The third kappa shape index (κ3) is 3.31. The van der Waals surface area contributed by atoms with Crippen LogP contribution in [0.25, 0.3) is 11.3 Å². The van der Waals surface area contributed by atoms with Crippen LogP contribution in [0.15, 0.2) is 36.7 Å². The monoisotopic (exact) mass is 255 g/mol. The molecule has 0 fully saturated rings. The van der Waals surface area contributed by atoms with E-state index in [0.717, 1.165) is 23.6 Å². The molecule has 2 rings (SSSR count). The summed E-state index contributed by atoms with van der Waals surface area (Å²) in [6, 6.07) is 8.55. The molecule has 2 aromatic rings. The molecule has 100 valence electrons. The van der Waals surface area contributed by atoms with Gasteiger partial charge in [0.15, 0.2) is 0 Å². The Balaban J connectivity index is 2.29. The second-order valence-electron chi connectivity index (χ2n) is 5.65. The predicted octanol–water partition coefficient (Wildman–Crippen LogP) is 3.87. The van der Waals surface area contributed by atoms with Crippen molar-refractivity contribution < 1.29 is 0 Å². The molecule has 19 heavy (non-hydrogen) atoms. The molecule has 0 atom stereocenters. The van der Waals surface area contributed by atoms with Crippen molar-refractivity contribution in [1.29, 1.82) is 0 Å². The van der Waals surface area contributed by atoms with E-state index >= 15 is 0 Å². The molecule has 0 radical (unpaired) electrons. The summed E-state index contributed by atoms with van der Waals surface area (Å²) in [6.07, 6.45) is 3.55. The molecule has 0 aliphatic rings. The van der Waals surface area contributed by atoms with Crippen molar-refractivity contribution in [3.05, 3.63) is 42.2 Å². The summed E-state index contributed by atoms with van der Waals surface area (Å²) in [5.41, 5.74) is 3.50. The third-order valence-electron chi connectivity index (χ3n) is 3.04. The van der Waals surface area contributed by atoms with Gasteiger partial charge in [0.2, 0.25) is 0 Å². The maximum absolute atomic E-state index is 4.55. The Morgan fingerprint density at radius 2 is 1.74 bits per heavy atom. The van der Waals surface area contributed by atoms with Crippen molar-refractivity contribution in [2.75, 3.05) is 11.9 Å². The lowest BCUT2D eigenvalue weighted by atomic mass is 9.86. The first-order valence-corrected chi connectivity index (χ1v) is 6.67. The number of hydrogen-bond acceptors (Lipinski definition) is 3. The van der Waals surface area contributed by atoms with E-state index in [1.165, 1.54) is 5.56 Å². The normalized spacial score (nSPS) is 11.4. The van der Waals surface area contributed by atoms with Gasteiger partial charge in [-0.3, -0.25) is 4.98 Å². The average molecular weight is 255 g/mol. The molecule has 3 nitrogen and oxygen atoms in total. The largest absolute Gasteiger partial charge is 0.369 e. The number of rotatable bonds is 3. The molecule has 1 aromatic carbocycles. The van der Waals surface area contributed by atoms with Crippen LogP contribution >= 0.6 is 0 Å². The number of nitrogens with zero attached hydrogens (tertiary/aromatic N) is 2. The van der Waals surface area contributed by atoms with Gasteiger partial charge in [-0.1, -0.05) is 45.0 Å². The van der Waals surface area contributed by atoms with Gasteiger partial charge in [-0.05, 0) is 17.9 Å². The van der Waals surface area contributed by atoms with Crippen molar-refractivity contribution in [3.63, 3.8) is 0 Å². The minimum absolute atomic E-state index is 0.176. The fourth-order valence-electron chi connectivity index (χ4n) is 1.91. The highest BCUT2D eigenvalue weighted by Crippen LogP contribution is 2.25. The topological polar surface area (TPSA) is 37.8 Å². The molecule has 0 bridgehead atoms. The quantitative estimate of drug-likeness (QED) is 0.904. The Hall–Kier alpha value is -1.90. The summed E-state index contributed by atoms with van der Waals surface area (Å²) in [5, 5.41) is 3.18. The van der Waals surface area contributed by atoms with Crippen molar-refractivity contribution in [2.24, 2.45) is 0 Å². The van der Waals surface area contributed by atoms with E-state index in [-0.39, 0.29) is 5.41 Å². The van der Waals surface area contributed by atoms with Crippen LogP contribution in [-0.2, 0) is 5.41 Å². The van der Waals surface area contributed by atoms with Crippen molar-refractivity contribution in [3.8, 4) is 11.3 Å². The highest BCUT2D eigenvalue weighted by Gasteiger charge is 2.13. The first-order chi connectivity index (χ1) is 9.00. The summed E-state index contributed by atoms with van der Waals surface area (Å²) in [5.74, 6) is 0.819. The molecule has 0 saturated heterocycles. The van der Waals surface area contributed by atoms with Crippen LogP contribution in [0.3, 0.4) is 0 Å². The molecule has 0 amide bonds. The molecule has 0 aliphatic heterocycles. The minimum Gasteiger partial charge on any atom is -0.369 e. The summed E-state index contributed by atoms with van der Waals surface area (Å²) in [6.45, 7) is 9.54. The smallest absolute Gasteiger partial charge is 0.145 e. The first kappa shape index (κ1) is 13.5. The van der Waals surface area contributed by atoms with Gasteiger partial charge in [-0.25, -0.2) is 4.98 Å². The van der Waals surface area contributed by atoms with Gasteiger partial charge >= 0.3 is 0 Å². The third-order valence-corrected chi connectivity index (χ3v) is 3.04. The zero-order valence-electron chi connectivity index (χ0n) is 12.1. The number of hydrogen-bond donors (Lipinski definition) is 1. The second-order valence-corrected chi connectivity index (χ2v) is 5.65. The molecular formula is C16H21N3. The number of anilines is 1. The molecule has 1 heterocycles. The van der Waals surface area contributed by atoms with E-state index in [1.807, 2.05) is 6.92 Å². The molecule has 1 N–H and O–H groups in total. The van der Waals surface area contributed by atoms with Gasteiger partial charge < -0.3 is 5.32 Å². The number of benzene rings is 1. The zero-order chi connectivity index (χ0) is 13.9. The molecular weight excluding hydrogens is 234 g/mol. The van der Waals surface area contributed by atoms with E-state index in [2.05, 4.69) is 60.3 Å². The Morgan fingerprint density at radius 3 is 2.32 bits per heavy atom. The van der Waals surface area contributed by atoms with Gasteiger partial charge in [0.05, 0.1) is 18.1 Å². The maximum Gasteiger partial charge on any atom is 0.145 e. The van der Waals surface area contributed by atoms with Crippen LogP contribution in [0.1, 0.15) is 33.3 Å². The van der Waals surface area contributed by atoms with Gasteiger partial charge in [-0.15, -0.1) is 0 Å². The molecule has 1 aromatic heterocycles. The van der Waals surface area contributed by atoms with Crippen LogP contribution in [0, 0.1) is 0 Å². The lowest BCUT2D eigenvalue weighted by Crippen LogP contribution is -2.10. The Labute approximate surface area is 115 Å². The Morgan fingerprint density at radius 1 is 1.05 bits per heavy atom. The van der Waals surface area contributed by atoms with Crippen LogP contribution in [0.4, 0.5) is 5.82 Å². The summed E-state index contributed by atoms with van der Waals surface area (Å²) < 4.78 is 0. The summed E-state index contributed by atoms with van der Waals surface area (Å²) >= 11 is 0. The van der Waals surface area contributed by atoms with Crippen LogP contribution in [-0.4, -0.2) is 16.5 Å². The molecule has 0 saturated carbocycles. The fourth-order valence-corrected chi connectivity index (χ4v) is 1.91. The first-order valence-electron chi connectivity index (χ1n) is 6.67. The summed E-state index contributed by atoms with van der Waals surface area (Å²) in [4.78, 5) is 8.78. The lowest BCUT2D eigenvalue weighted by Gasteiger charge is -2.19. The molecule has 0 unspecified atom stereocenters. The SMILES string of the molecule is CCNc1cncc(-c2ccc(C(C)(C)C)cc2)n1. The zero-order valence-corrected chi connectivity index (χ0v) is 12.1. The number of nitrogens with one attached hydrogen (secondary N) is 1. The molecule has 3 heteroatoms. The van der Waals surface area contributed by atoms with E-state index in [1.54, 1.807) is 12.4 Å². The van der Waals surface area contributed by atoms with Gasteiger partial charge in [0.25, 0.3) is 0 Å². The van der Waals surface area contributed by atoms with Crippen LogP contribution in [0.2, 0.25) is 0 Å². The lowest BCUT2D eigenvalue weighted by molar-refractivity contribution is 0.590. The highest BCUT2D eigenvalue weighted by atomic mass is 15.0. The van der Waals surface area contributed by atoms with Gasteiger partial charge in [-0.2, -0.15) is 0 Å². The average Bonchev–Trinajstić information content (AvgIpc) is 2.39. The molecule has 0 aliphatic carbocycles. The van der Waals surface area contributed by atoms with Crippen LogP contribution in [0.5, 0.6) is 0 Å². The van der Waals surface area contributed by atoms with E-state index in [4.69, 9.17) is 0 Å². The Bertz CT molecular complexity index is 539. The van der Waals surface area contributed by atoms with E-state index in [0.29, 0.717) is 0 Å². The van der Waals surface area contributed by atoms with E-state index in [9.17, 15) is 0 Å². The summed E-state index contributed by atoms with van der Waals surface area (Å²) in [7, 11) is 0. The minimum atomic E-state index is 0.176. The van der Waals surface area contributed by atoms with Crippen molar-refractivity contribution in [2.45, 2.75) is 33.1 Å². The maximum atomic E-state index is 4.55. The molecule has 0 spiro atoms. The fraction of sp³-hybridized carbons (Fsp3) is 0.375. The predicted molar refractivity (Wildman–Crippen MR) is 80.3 cm³/mol. The van der Waals surface area contributed by atoms with Crippen LogP contribution < -0.4 is 5.32 Å².